The number of carbonyl (C=O) groups is 1. The summed E-state index contributed by atoms with van der Waals surface area (Å²) in [4.78, 5) is 12.2. The molecule has 1 saturated carbocycles. The van der Waals surface area contributed by atoms with Crippen LogP contribution in [0.2, 0.25) is 0 Å². The molecule has 19 heavy (non-hydrogen) atoms. The van der Waals surface area contributed by atoms with Crippen LogP contribution >= 0.6 is 0 Å². The highest BCUT2D eigenvalue weighted by Gasteiger charge is 2.24. The number of nitrogens with one attached hydrogen (secondary N) is 1. The van der Waals surface area contributed by atoms with Crippen molar-refractivity contribution in [1.82, 2.24) is 5.32 Å². The standard InChI is InChI=1S/C14H20N2O3/c1-19-9-6-7-13(17)10(8-9)14(18)16-12-5-3-2-4-11(12)15/h6-8,11-12,17H,2-5,15H2,1H3,(H,16,18). The molecule has 2 unspecified atom stereocenters. The Kier molecular flexibility index (Phi) is 4.27. The van der Waals surface area contributed by atoms with Crippen LogP contribution in [-0.4, -0.2) is 30.2 Å². The molecule has 1 aliphatic rings. The molecule has 1 fully saturated rings. The van der Waals surface area contributed by atoms with Gasteiger partial charge in [0.15, 0.2) is 0 Å². The smallest absolute Gasteiger partial charge is 0.255 e. The Hall–Kier alpha value is -1.75. The highest BCUT2D eigenvalue weighted by Crippen LogP contribution is 2.24. The van der Waals surface area contributed by atoms with Gasteiger partial charge >= 0.3 is 0 Å². The van der Waals surface area contributed by atoms with Crippen molar-refractivity contribution in [2.75, 3.05) is 7.11 Å². The zero-order valence-electron chi connectivity index (χ0n) is 11.1. The van der Waals surface area contributed by atoms with E-state index in [-0.39, 0.29) is 29.3 Å². The maximum absolute atomic E-state index is 12.2. The third-order valence-electron chi connectivity index (χ3n) is 3.58. The fraction of sp³-hybridized carbons (Fsp3) is 0.500. The molecule has 2 rings (SSSR count). The van der Waals surface area contributed by atoms with Crippen LogP contribution in [0.25, 0.3) is 0 Å². The molecule has 1 amide bonds. The first kappa shape index (κ1) is 13.7. The first-order valence-corrected chi connectivity index (χ1v) is 6.55. The zero-order valence-corrected chi connectivity index (χ0v) is 11.1. The lowest BCUT2D eigenvalue weighted by Gasteiger charge is -2.29. The van der Waals surface area contributed by atoms with Gasteiger partial charge in [0, 0.05) is 12.1 Å². The Bertz CT molecular complexity index is 462. The topological polar surface area (TPSA) is 84.6 Å². The van der Waals surface area contributed by atoms with Crippen molar-refractivity contribution in [3.8, 4) is 11.5 Å². The molecule has 5 nitrogen and oxygen atoms in total. The van der Waals surface area contributed by atoms with E-state index in [1.807, 2.05) is 0 Å². The molecule has 0 spiro atoms. The van der Waals surface area contributed by atoms with Crippen LogP contribution in [0.4, 0.5) is 0 Å². The molecule has 1 aromatic rings. The van der Waals surface area contributed by atoms with Gasteiger partial charge in [-0.3, -0.25) is 4.79 Å². The second-order valence-corrected chi connectivity index (χ2v) is 4.91. The minimum Gasteiger partial charge on any atom is -0.507 e. The molecular formula is C14H20N2O3. The summed E-state index contributed by atoms with van der Waals surface area (Å²) in [5, 5.41) is 12.6. The Morgan fingerprint density at radius 1 is 1.42 bits per heavy atom. The maximum atomic E-state index is 12.2. The quantitative estimate of drug-likeness (QED) is 0.770. The van der Waals surface area contributed by atoms with Gasteiger partial charge in [0.05, 0.1) is 12.7 Å². The van der Waals surface area contributed by atoms with E-state index in [0.29, 0.717) is 5.75 Å². The van der Waals surface area contributed by atoms with Crippen LogP contribution in [0.1, 0.15) is 36.0 Å². The van der Waals surface area contributed by atoms with E-state index in [0.717, 1.165) is 25.7 Å². The van der Waals surface area contributed by atoms with E-state index in [2.05, 4.69) is 5.32 Å². The molecule has 0 heterocycles. The van der Waals surface area contributed by atoms with Crippen molar-refractivity contribution < 1.29 is 14.6 Å². The summed E-state index contributed by atoms with van der Waals surface area (Å²) in [6.45, 7) is 0. The predicted molar refractivity (Wildman–Crippen MR) is 72.4 cm³/mol. The number of hydrogen-bond acceptors (Lipinski definition) is 4. The van der Waals surface area contributed by atoms with E-state index < -0.39 is 0 Å². The predicted octanol–water partition coefficient (Wildman–Crippen LogP) is 1.40. The SMILES string of the molecule is COc1ccc(O)c(C(=O)NC2CCCCC2N)c1. The van der Waals surface area contributed by atoms with Gasteiger partial charge < -0.3 is 20.9 Å². The third-order valence-corrected chi connectivity index (χ3v) is 3.58. The lowest BCUT2D eigenvalue weighted by molar-refractivity contribution is 0.0918. The van der Waals surface area contributed by atoms with Gasteiger partial charge in [-0.2, -0.15) is 0 Å². The van der Waals surface area contributed by atoms with Crippen molar-refractivity contribution in [1.29, 1.82) is 0 Å². The molecule has 104 valence electrons. The lowest BCUT2D eigenvalue weighted by Crippen LogP contribution is -2.49. The minimum atomic E-state index is -0.307. The van der Waals surface area contributed by atoms with Crippen LogP contribution in [0.15, 0.2) is 18.2 Å². The average Bonchev–Trinajstić information content (AvgIpc) is 2.42. The highest BCUT2D eigenvalue weighted by atomic mass is 16.5. The number of benzene rings is 1. The van der Waals surface area contributed by atoms with Crippen LogP contribution in [0.5, 0.6) is 11.5 Å². The third kappa shape index (κ3) is 3.17. The number of amides is 1. The molecular weight excluding hydrogens is 244 g/mol. The Morgan fingerprint density at radius 2 is 2.16 bits per heavy atom. The molecule has 1 aliphatic carbocycles. The fourth-order valence-corrected chi connectivity index (χ4v) is 2.41. The van der Waals surface area contributed by atoms with Crippen molar-refractivity contribution in [2.24, 2.45) is 5.73 Å². The Balaban J connectivity index is 2.10. The summed E-state index contributed by atoms with van der Waals surface area (Å²) in [6, 6.07) is 4.56. The summed E-state index contributed by atoms with van der Waals surface area (Å²) in [5.74, 6) is 0.178. The van der Waals surface area contributed by atoms with E-state index >= 15 is 0 Å². The Morgan fingerprint density at radius 3 is 2.84 bits per heavy atom. The van der Waals surface area contributed by atoms with E-state index in [1.165, 1.54) is 19.2 Å². The number of ether oxygens (including phenoxy) is 1. The second kappa shape index (κ2) is 5.93. The summed E-state index contributed by atoms with van der Waals surface area (Å²) >= 11 is 0. The number of nitrogens with two attached hydrogens (primary N) is 1. The van der Waals surface area contributed by atoms with Crippen molar-refractivity contribution in [3.63, 3.8) is 0 Å². The summed E-state index contributed by atoms with van der Waals surface area (Å²) in [6.07, 6.45) is 3.99. The van der Waals surface area contributed by atoms with E-state index in [9.17, 15) is 9.90 Å². The van der Waals surface area contributed by atoms with Crippen molar-refractivity contribution >= 4 is 5.91 Å². The first-order valence-electron chi connectivity index (χ1n) is 6.55. The van der Waals surface area contributed by atoms with Crippen LogP contribution in [-0.2, 0) is 0 Å². The molecule has 2 atom stereocenters. The number of rotatable bonds is 3. The zero-order chi connectivity index (χ0) is 13.8. The highest BCUT2D eigenvalue weighted by molar-refractivity contribution is 5.97. The van der Waals surface area contributed by atoms with Crippen molar-refractivity contribution in [2.45, 2.75) is 37.8 Å². The molecule has 0 bridgehead atoms. The molecule has 0 saturated heterocycles. The largest absolute Gasteiger partial charge is 0.507 e. The molecule has 0 aromatic heterocycles. The number of phenols is 1. The monoisotopic (exact) mass is 264 g/mol. The summed E-state index contributed by atoms with van der Waals surface area (Å²) < 4.78 is 5.06. The van der Waals surface area contributed by atoms with Crippen LogP contribution in [0, 0.1) is 0 Å². The average molecular weight is 264 g/mol. The maximum Gasteiger partial charge on any atom is 0.255 e. The number of hydrogen-bond donors (Lipinski definition) is 3. The van der Waals surface area contributed by atoms with Gasteiger partial charge in [0.2, 0.25) is 0 Å². The minimum absolute atomic E-state index is 0.00884. The van der Waals surface area contributed by atoms with Gasteiger partial charge in [-0.25, -0.2) is 0 Å². The number of aromatic hydroxyl groups is 1. The first-order chi connectivity index (χ1) is 9.11. The van der Waals surface area contributed by atoms with E-state index in [4.69, 9.17) is 10.5 Å². The van der Waals surface area contributed by atoms with Gasteiger partial charge in [0.25, 0.3) is 5.91 Å². The number of methoxy groups -OCH3 is 1. The van der Waals surface area contributed by atoms with Gasteiger partial charge in [-0.05, 0) is 31.0 Å². The molecule has 5 heteroatoms. The lowest BCUT2D eigenvalue weighted by atomic mass is 9.91. The fourth-order valence-electron chi connectivity index (χ4n) is 2.41. The number of carbonyl (C=O) groups excluding carboxylic acids is 1. The molecule has 4 N–H and O–H groups in total. The number of phenolic OH excluding ortho intramolecular Hbond substituents is 1. The Labute approximate surface area is 112 Å². The summed E-state index contributed by atoms with van der Waals surface area (Å²) in [5.41, 5.74) is 6.22. The van der Waals surface area contributed by atoms with Gasteiger partial charge in [-0.1, -0.05) is 12.8 Å². The van der Waals surface area contributed by atoms with Crippen molar-refractivity contribution in [3.05, 3.63) is 23.8 Å². The molecule has 0 aliphatic heterocycles. The second-order valence-electron chi connectivity index (χ2n) is 4.91. The summed E-state index contributed by atoms with van der Waals surface area (Å²) in [7, 11) is 1.52. The van der Waals surface area contributed by atoms with Crippen LogP contribution in [0.3, 0.4) is 0 Å². The van der Waals surface area contributed by atoms with Crippen LogP contribution < -0.4 is 15.8 Å². The molecule has 1 aromatic carbocycles. The van der Waals surface area contributed by atoms with Gasteiger partial charge in [0.1, 0.15) is 11.5 Å². The van der Waals surface area contributed by atoms with E-state index in [1.54, 1.807) is 6.07 Å². The van der Waals surface area contributed by atoms with Gasteiger partial charge in [-0.15, -0.1) is 0 Å². The molecule has 0 radical (unpaired) electrons. The normalized spacial score (nSPS) is 22.8.